The predicted molar refractivity (Wildman–Crippen MR) is 273 cm³/mol. The second kappa shape index (κ2) is 49.0. The van der Waals surface area contributed by atoms with E-state index in [0.717, 1.165) is 96.3 Å². The van der Waals surface area contributed by atoms with Crippen LogP contribution in [0, 0.1) is 0 Å². The maximum absolute atomic E-state index is 13.2. The number of ether oxygens (including phenoxy) is 1. The molecule has 3 atom stereocenters. The molecular weight excluding hydrogens is 779 g/mol. The van der Waals surface area contributed by atoms with Crippen LogP contribution < -0.4 is 5.32 Å². The molecule has 3 unspecified atom stereocenters. The lowest BCUT2D eigenvalue weighted by Gasteiger charge is -2.24. The first-order valence-corrected chi connectivity index (χ1v) is 25.0. The third kappa shape index (κ3) is 44.4. The van der Waals surface area contributed by atoms with Gasteiger partial charge in [-0.3, -0.25) is 9.59 Å². The first kappa shape index (κ1) is 59.0. The zero-order chi connectivity index (χ0) is 45.9. The molecule has 354 valence electrons. The number of esters is 1. The zero-order valence-corrected chi connectivity index (χ0v) is 40.1. The van der Waals surface area contributed by atoms with Crippen LogP contribution in [0.5, 0.6) is 0 Å². The fraction of sp³-hybridized carbons (Fsp3) is 0.579. The lowest BCUT2D eigenvalue weighted by atomic mass is 10.0. The minimum atomic E-state index is -0.822. The number of allylic oxidation sites excluding steroid dienone is 22. The van der Waals surface area contributed by atoms with Crippen LogP contribution in [0.15, 0.2) is 134 Å². The van der Waals surface area contributed by atoms with Crippen LogP contribution in [-0.2, 0) is 14.3 Å². The summed E-state index contributed by atoms with van der Waals surface area (Å²) in [4.78, 5) is 26.1. The summed E-state index contributed by atoms with van der Waals surface area (Å²) in [6.07, 6.45) is 69.4. The van der Waals surface area contributed by atoms with Crippen LogP contribution in [0.2, 0.25) is 0 Å². The molecule has 0 rings (SSSR count). The molecule has 1 amide bonds. The molecule has 0 aliphatic heterocycles. The van der Waals surface area contributed by atoms with Crippen molar-refractivity contribution < 1.29 is 24.5 Å². The van der Waals surface area contributed by atoms with E-state index in [-0.39, 0.29) is 24.9 Å². The Labute approximate surface area is 386 Å². The van der Waals surface area contributed by atoms with Crippen molar-refractivity contribution >= 4 is 11.9 Å². The van der Waals surface area contributed by atoms with E-state index in [0.29, 0.717) is 19.3 Å². The summed E-state index contributed by atoms with van der Waals surface area (Å²) in [5.41, 5.74) is 0. The van der Waals surface area contributed by atoms with Crippen molar-refractivity contribution in [2.24, 2.45) is 0 Å². The first-order valence-electron chi connectivity index (χ1n) is 25.0. The van der Waals surface area contributed by atoms with Gasteiger partial charge in [0.05, 0.1) is 25.2 Å². The van der Waals surface area contributed by atoms with Gasteiger partial charge in [-0.2, -0.15) is 0 Å². The normalized spacial score (nSPS) is 14.4. The summed E-state index contributed by atoms with van der Waals surface area (Å²) >= 11 is 0. The molecule has 0 aromatic heterocycles. The number of aliphatic hydroxyl groups is 2. The van der Waals surface area contributed by atoms with Gasteiger partial charge in [0.25, 0.3) is 0 Å². The fourth-order valence-electron chi connectivity index (χ4n) is 6.67. The standard InChI is InChI=1S/C57H91NO5/c1-4-7-10-13-16-19-22-24-26-27-28-29-31-33-35-38-41-44-47-50-57(62)63-53(48-45-42-39-36-34-32-30-25-23-20-17-14-11-8-5-2)51-56(61)58-54(52-59)55(60)49-46-43-40-37-21-18-15-12-9-6-3/h7-8,10-11,14,16-17,19-20,23-26,28-30,32-36,39,53-55,59-60H,4-6,9,12-13,15,18,21-22,27,31,37-38,40-52H2,1-3H3,(H,58,61)/b10-7-,11-8-,17-14+,19-16-,23-20+,26-24-,29-28-,30-25-,34-32+,35-33-,39-36+. The highest BCUT2D eigenvalue weighted by Crippen LogP contribution is 2.16. The van der Waals surface area contributed by atoms with Gasteiger partial charge in [0.2, 0.25) is 5.91 Å². The smallest absolute Gasteiger partial charge is 0.306 e. The molecule has 0 aromatic rings. The average Bonchev–Trinajstić information content (AvgIpc) is 3.28. The van der Waals surface area contributed by atoms with Crippen molar-refractivity contribution in [2.75, 3.05) is 6.61 Å². The molecule has 0 aliphatic rings. The maximum Gasteiger partial charge on any atom is 0.306 e. The molecule has 6 nitrogen and oxygen atoms in total. The van der Waals surface area contributed by atoms with Gasteiger partial charge in [-0.1, -0.05) is 225 Å². The van der Waals surface area contributed by atoms with E-state index in [4.69, 9.17) is 4.74 Å². The Balaban J connectivity index is 4.81. The molecule has 0 fully saturated rings. The number of rotatable bonds is 42. The number of hydrogen-bond acceptors (Lipinski definition) is 5. The Morgan fingerprint density at radius 2 is 0.952 bits per heavy atom. The summed E-state index contributed by atoms with van der Waals surface area (Å²) in [7, 11) is 0. The molecule has 0 bridgehead atoms. The van der Waals surface area contributed by atoms with Crippen LogP contribution in [-0.4, -0.2) is 46.9 Å². The maximum atomic E-state index is 13.2. The quantitative estimate of drug-likeness (QED) is 0.0246. The number of carbonyl (C=O) groups is 2. The van der Waals surface area contributed by atoms with Gasteiger partial charge >= 0.3 is 5.97 Å². The molecule has 0 saturated carbocycles. The van der Waals surface area contributed by atoms with E-state index >= 15 is 0 Å². The number of carbonyl (C=O) groups excluding carboxylic acids is 2. The van der Waals surface area contributed by atoms with Gasteiger partial charge in [-0.05, 0) is 83.5 Å². The third-order valence-electron chi connectivity index (χ3n) is 10.4. The first-order chi connectivity index (χ1) is 31.0. The third-order valence-corrected chi connectivity index (χ3v) is 10.4. The van der Waals surface area contributed by atoms with Gasteiger partial charge < -0.3 is 20.3 Å². The Hall–Kier alpha value is -4.00. The van der Waals surface area contributed by atoms with Gasteiger partial charge in [-0.15, -0.1) is 0 Å². The van der Waals surface area contributed by atoms with Crippen LogP contribution in [0.25, 0.3) is 0 Å². The van der Waals surface area contributed by atoms with E-state index in [1.165, 1.54) is 44.9 Å². The van der Waals surface area contributed by atoms with Crippen molar-refractivity contribution in [1.82, 2.24) is 5.32 Å². The van der Waals surface area contributed by atoms with Gasteiger partial charge in [0.15, 0.2) is 0 Å². The van der Waals surface area contributed by atoms with Crippen molar-refractivity contribution in [3.8, 4) is 0 Å². The molecule has 0 saturated heterocycles. The Bertz CT molecular complexity index is 1390. The van der Waals surface area contributed by atoms with Gasteiger partial charge in [0.1, 0.15) is 6.10 Å². The molecule has 0 aliphatic carbocycles. The second-order valence-corrected chi connectivity index (χ2v) is 16.3. The zero-order valence-electron chi connectivity index (χ0n) is 40.1. The fourth-order valence-corrected chi connectivity index (χ4v) is 6.67. The molecule has 0 spiro atoms. The number of unbranched alkanes of at least 4 members (excludes halogenated alkanes) is 13. The van der Waals surface area contributed by atoms with Crippen molar-refractivity contribution in [1.29, 1.82) is 0 Å². The number of aliphatic hydroxyl groups excluding tert-OH is 2. The summed E-state index contributed by atoms with van der Waals surface area (Å²) in [5.74, 6) is -0.604. The van der Waals surface area contributed by atoms with Crippen molar-refractivity contribution in [3.05, 3.63) is 134 Å². The summed E-state index contributed by atoms with van der Waals surface area (Å²) in [5, 5.41) is 23.7. The van der Waals surface area contributed by atoms with E-state index in [1.807, 2.05) is 60.8 Å². The van der Waals surface area contributed by atoms with Crippen molar-refractivity contribution in [2.45, 2.75) is 206 Å². The molecule has 3 N–H and O–H groups in total. The minimum Gasteiger partial charge on any atom is -0.462 e. The molecule has 6 heteroatoms. The van der Waals surface area contributed by atoms with E-state index < -0.39 is 18.2 Å². The monoisotopic (exact) mass is 870 g/mol. The SMILES string of the molecule is CC\C=C/C=C/C=C/C=C\C=C\C=C\CCCC(CC(=O)NC(CO)C(O)CCCCCCCCCCCC)OC(=O)CCCCC/C=C\C/C=C\C/C=C\C/C=C\C/C=C\CC. The number of nitrogens with one attached hydrogen (secondary N) is 1. The second-order valence-electron chi connectivity index (χ2n) is 16.3. The van der Waals surface area contributed by atoms with E-state index in [2.05, 4.69) is 99.0 Å². The molecule has 0 radical (unpaired) electrons. The Morgan fingerprint density at radius 3 is 1.49 bits per heavy atom. The summed E-state index contributed by atoms with van der Waals surface area (Å²) < 4.78 is 5.87. The highest BCUT2D eigenvalue weighted by atomic mass is 16.5. The number of hydrogen-bond donors (Lipinski definition) is 3. The largest absolute Gasteiger partial charge is 0.462 e. The van der Waals surface area contributed by atoms with Crippen LogP contribution >= 0.6 is 0 Å². The Kier molecular flexibility index (Phi) is 45.9. The Morgan fingerprint density at radius 1 is 0.492 bits per heavy atom. The van der Waals surface area contributed by atoms with E-state index in [1.54, 1.807) is 0 Å². The lowest BCUT2D eigenvalue weighted by molar-refractivity contribution is -0.151. The lowest BCUT2D eigenvalue weighted by Crippen LogP contribution is -2.46. The van der Waals surface area contributed by atoms with Crippen molar-refractivity contribution in [3.63, 3.8) is 0 Å². The van der Waals surface area contributed by atoms with Crippen LogP contribution in [0.4, 0.5) is 0 Å². The summed E-state index contributed by atoms with van der Waals surface area (Å²) in [6, 6.07) is -0.742. The van der Waals surface area contributed by atoms with Gasteiger partial charge in [0, 0.05) is 6.42 Å². The van der Waals surface area contributed by atoms with Crippen LogP contribution in [0.1, 0.15) is 188 Å². The van der Waals surface area contributed by atoms with E-state index in [9.17, 15) is 19.8 Å². The van der Waals surface area contributed by atoms with Gasteiger partial charge in [-0.25, -0.2) is 0 Å². The molecular formula is C57H91NO5. The minimum absolute atomic E-state index is 0.00327. The number of amides is 1. The molecule has 0 heterocycles. The predicted octanol–water partition coefficient (Wildman–Crippen LogP) is 15.1. The highest BCUT2D eigenvalue weighted by molar-refractivity contribution is 5.77. The highest BCUT2D eigenvalue weighted by Gasteiger charge is 2.24. The topological polar surface area (TPSA) is 95.9 Å². The van der Waals surface area contributed by atoms with Crippen LogP contribution in [0.3, 0.4) is 0 Å². The molecule has 0 aromatic carbocycles. The molecule has 63 heavy (non-hydrogen) atoms. The average molecular weight is 870 g/mol. The summed E-state index contributed by atoms with van der Waals surface area (Å²) in [6.45, 7) is 6.16.